The van der Waals surface area contributed by atoms with E-state index in [1.165, 1.54) is 51.9 Å². The van der Waals surface area contributed by atoms with E-state index in [0.29, 0.717) is 6.04 Å². The van der Waals surface area contributed by atoms with Gasteiger partial charge in [0.2, 0.25) is 5.91 Å². The van der Waals surface area contributed by atoms with Crippen LogP contribution >= 0.6 is 0 Å². The summed E-state index contributed by atoms with van der Waals surface area (Å²) >= 11 is 0. The molecule has 1 fully saturated rings. The molecule has 1 amide bonds. The molecule has 0 aromatic carbocycles. The quantitative estimate of drug-likeness (QED) is 0.642. The van der Waals surface area contributed by atoms with Crippen molar-refractivity contribution in [2.24, 2.45) is 0 Å². The summed E-state index contributed by atoms with van der Waals surface area (Å²) in [5.74, 6) is 0.00191. The van der Waals surface area contributed by atoms with Gasteiger partial charge in [-0.2, -0.15) is 0 Å². The summed E-state index contributed by atoms with van der Waals surface area (Å²) in [6, 6.07) is 0.490. The zero-order chi connectivity index (χ0) is 9.52. The van der Waals surface area contributed by atoms with Crippen molar-refractivity contribution >= 4 is 5.91 Å². The van der Waals surface area contributed by atoms with Gasteiger partial charge < -0.3 is 0 Å². The van der Waals surface area contributed by atoms with Crippen molar-refractivity contribution in [1.29, 1.82) is 0 Å². The third kappa shape index (κ3) is 4.88. The summed E-state index contributed by atoms with van der Waals surface area (Å²) in [6.45, 7) is 1.54. The molecule has 0 saturated heterocycles. The maximum Gasteiger partial charge on any atom is 0.230 e. The van der Waals surface area contributed by atoms with E-state index in [-0.39, 0.29) is 5.91 Å². The molecule has 0 unspecified atom stereocenters. The van der Waals surface area contributed by atoms with Crippen LogP contribution in [0.5, 0.6) is 0 Å². The fourth-order valence-corrected chi connectivity index (χ4v) is 1.80. The molecule has 3 nitrogen and oxygen atoms in total. The molecule has 1 saturated carbocycles. The normalized spacial score (nSPS) is 20.4. The largest absolute Gasteiger partial charge is 0.292 e. The molecule has 1 aliphatic rings. The van der Waals surface area contributed by atoms with Crippen molar-refractivity contribution in [1.82, 2.24) is 10.9 Å². The third-order valence-corrected chi connectivity index (χ3v) is 2.56. The molecule has 2 N–H and O–H groups in total. The Labute approximate surface area is 80.2 Å². The first-order chi connectivity index (χ1) is 6.29. The topological polar surface area (TPSA) is 41.1 Å². The monoisotopic (exact) mass is 184 g/mol. The molecule has 0 aromatic heterocycles. The predicted molar refractivity (Wildman–Crippen MR) is 53.1 cm³/mol. The van der Waals surface area contributed by atoms with Crippen molar-refractivity contribution in [2.75, 3.05) is 0 Å². The first-order valence-electron chi connectivity index (χ1n) is 5.31. The van der Waals surface area contributed by atoms with Crippen LogP contribution in [0.2, 0.25) is 0 Å². The zero-order valence-corrected chi connectivity index (χ0v) is 8.44. The van der Waals surface area contributed by atoms with Crippen LogP contribution in [0, 0.1) is 0 Å². The second kappa shape index (κ2) is 5.97. The average molecular weight is 184 g/mol. The minimum Gasteiger partial charge on any atom is -0.292 e. The van der Waals surface area contributed by atoms with Crippen molar-refractivity contribution < 1.29 is 4.79 Å². The van der Waals surface area contributed by atoms with Crippen LogP contribution in [0.15, 0.2) is 0 Å². The minimum atomic E-state index is 0.00191. The summed E-state index contributed by atoms with van der Waals surface area (Å²) < 4.78 is 0. The molecule has 1 aliphatic carbocycles. The Morgan fingerprint density at radius 1 is 1.08 bits per heavy atom. The third-order valence-electron chi connectivity index (χ3n) is 2.56. The number of hydrogen-bond acceptors (Lipinski definition) is 2. The second-order valence-electron chi connectivity index (χ2n) is 3.87. The average Bonchev–Trinajstić information content (AvgIpc) is 2.01. The van der Waals surface area contributed by atoms with Gasteiger partial charge in [-0.1, -0.05) is 32.1 Å². The zero-order valence-electron chi connectivity index (χ0n) is 8.44. The van der Waals surface area contributed by atoms with E-state index < -0.39 is 0 Å². The van der Waals surface area contributed by atoms with E-state index in [4.69, 9.17) is 0 Å². The Morgan fingerprint density at radius 3 is 2.15 bits per heavy atom. The highest BCUT2D eigenvalue weighted by Gasteiger charge is 2.10. The first-order valence-corrected chi connectivity index (χ1v) is 5.31. The molecule has 0 spiro atoms. The van der Waals surface area contributed by atoms with E-state index in [0.717, 1.165) is 0 Å². The summed E-state index contributed by atoms with van der Waals surface area (Å²) in [5.41, 5.74) is 5.76. The van der Waals surface area contributed by atoms with Gasteiger partial charge in [-0.3, -0.25) is 10.2 Å². The lowest BCUT2D eigenvalue weighted by Crippen LogP contribution is -2.43. The van der Waals surface area contributed by atoms with Crippen LogP contribution in [0.3, 0.4) is 0 Å². The van der Waals surface area contributed by atoms with Gasteiger partial charge in [0.05, 0.1) is 0 Å². The SMILES string of the molecule is CC(=O)NNC1CCCCCCC1. The highest BCUT2D eigenvalue weighted by atomic mass is 16.2. The lowest BCUT2D eigenvalue weighted by atomic mass is 9.97. The van der Waals surface area contributed by atoms with Crippen LogP contribution in [0.1, 0.15) is 51.9 Å². The molecule has 3 heteroatoms. The van der Waals surface area contributed by atoms with Gasteiger partial charge in [0.1, 0.15) is 0 Å². The Kier molecular flexibility index (Phi) is 4.83. The van der Waals surface area contributed by atoms with Gasteiger partial charge in [-0.25, -0.2) is 5.43 Å². The van der Waals surface area contributed by atoms with Gasteiger partial charge in [0.25, 0.3) is 0 Å². The Bertz CT molecular complexity index is 151. The molecule has 0 aromatic rings. The molecule has 0 heterocycles. The molecule has 13 heavy (non-hydrogen) atoms. The van der Waals surface area contributed by atoms with E-state index in [1.54, 1.807) is 0 Å². The summed E-state index contributed by atoms with van der Waals surface area (Å²) in [6.07, 6.45) is 9.04. The standard InChI is InChI=1S/C10H20N2O/c1-9(13)11-12-10-7-5-3-2-4-6-8-10/h10,12H,2-8H2,1H3,(H,11,13). The van der Waals surface area contributed by atoms with Crippen molar-refractivity contribution in [3.05, 3.63) is 0 Å². The molecular weight excluding hydrogens is 164 g/mol. The second-order valence-corrected chi connectivity index (χ2v) is 3.87. The van der Waals surface area contributed by atoms with Crippen LogP contribution < -0.4 is 10.9 Å². The Morgan fingerprint density at radius 2 is 1.62 bits per heavy atom. The van der Waals surface area contributed by atoms with Gasteiger partial charge >= 0.3 is 0 Å². The fourth-order valence-electron chi connectivity index (χ4n) is 1.80. The smallest absolute Gasteiger partial charge is 0.230 e. The number of carbonyl (C=O) groups is 1. The molecule has 0 atom stereocenters. The maximum atomic E-state index is 10.7. The van der Waals surface area contributed by atoms with E-state index >= 15 is 0 Å². The van der Waals surface area contributed by atoms with E-state index in [2.05, 4.69) is 10.9 Å². The molecule has 76 valence electrons. The van der Waals surface area contributed by atoms with Crippen LogP contribution in [-0.4, -0.2) is 11.9 Å². The summed E-state index contributed by atoms with van der Waals surface area (Å²) in [5, 5.41) is 0. The van der Waals surface area contributed by atoms with E-state index in [9.17, 15) is 4.79 Å². The fraction of sp³-hybridized carbons (Fsp3) is 0.900. The van der Waals surface area contributed by atoms with Crippen LogP contribution in [-0.2, 0) is 4.79 Å². The van der Waals surface area contributed by atoms with Gasteiger partial charge in [-0.05, 0) is 12.8 Å². The number of hydrogen-bond donors (Lipinski definition) is 2. The maximum absolute atomic E-state index is 10.7. The first kappa shape index (κ1) is 10.5. The number of nitrogens with one attached hydrogen (secondary N) is 2. The minimum absolute atomic E-state index is 0.00191. The highest BCUT2D eigenvalue weighted by molar-refractivity contribution is 5.72. The number of hydrazine groups is 1. The lowest BCUT2D eigenvalue weighted by Gasteiger charge is -2.20. The van der Waals surface area contributed by atoms with Gasteiger partial charge in [-0.15, -0.1) is 0 Å². The number of amides is 1. The molecule has 0 bridgehead atoms. The Hall–Kier alpha value is -0.570. The molecule has 1 rings (SSSR count). The Balaban J connectivity index is 2.17. The summed E-state index contributed by atoms with van der Waals surface area (Å²) in [4.78, 5) is 10.7. The van der Waals surface area contributed by atoms with Gasteiger partial charge in [0.15, 0.2) is 0 Å². The predicted octanol–water partition coefficient (Wildman–Crippen LogP) is 1.74. The molecular formula is C10H20N2O. The number of carbonyl (C=O) groups excluding carboxylic acids is 1. The lowest BCUT2D eigenvalue weighted by molar-refractivity contribution is -0.120. The summed E-state index contributed by atoms with van der Waals surface area (Å²) in [7, 11) is 0. The van der Waals surface area contributed by atoms with Gasteiger partial charge in [0, 0.05) is 13.0 Å². The number of rotatable bonds is 2. The van der Waals surface area contributed by atoms with Crippen LogP contribution in [0.4, 0.5) is 0 Å². The highest BCUT2D eigenvalue weighted by Crippen LogP contribution is 2.16. The molecule has 0 radical (unpaired) electrons. The van der Waals surface area contributed by atoms with Crippen molar-refractivity contribution in [3.8, 4) is 0 Å². The molecule has 0 aliphatic heterocycles. The van der Waals surface area contributed by atoms with E-state index in [1.807, 2.05) is 0 Å². The van der Waals surface area contributed by atoms with Crippen molar-refractivity contribution in [3.63, 3.8) is 0 Å². The van der Waals surface area contributed by atoms with Crippen molar-refractivity contribution in [2.45, 2.75) is 57.9 Å². The van der Waals surface area contributed by atoms with Crippen LogP contribution in [0.25, 0.3) is 0 Å².